The molecule has 0 aliphatic carbocycles. The Kier molecular flexibility index (Phi) is 4.35. The molecule has 0 fully saturated rings. The number of benzene rings is 1. The lowest BCUT2D eigenvalue weighted by Crippen LogP contribution is -2.03. The minimum absolute atomic E-state index is 0.0363. The molecule has 9 nitrogen and oxygen atoms in total. The zero-order chi connectivity index (χ0) is 14.6. The van der Waals surface area contributed by atoms with Crippen LogP contribution in [-0.4, -0.2) is 28.0 Å². The summed E-state index contributed by atoms with van der Waals surface area (Å²) >= 11 is 0. The molecule has 1 aromatic rings. The summed E-state index contributed by atoms with van der Waals surface area (Å²) in [5.74, 6) is -1.55. The minimum atomic E-state index is -1.00. The van der Waals surface area contributed by atoms with Gasteiger partial charge in [0.2, 0.25) is 0 Å². The molecule has 9 heteroatoms. The second-order valence-corrected chi connectivity index (χ2v) is 3.57. The molecule has 1 rings (SSSR count). The highest BCUT2D eigenvalue weighted by molar-refractivity contribution is 5.70. The number of phenols is 1. The maximum absolute atomic E-state index is 11.0. The molecule has 0 aliphatic heterocycles. The Morgan fingerprint density at radius 1 is 1.26 bits per heavy atom. The summed E-state index contributed by atoms with van der Waals surface area (Å²) in [7, 11) is 1.18. The van der Waals surface area contributed by atoms with Crippen molar-refractivity contribution in [2.24, 2.45) is 0 Å². The summed E-state index contributed by atoms with van der Waals surface area (Å²) in [5.41, 5.74) is -1.34. The standard InChI is InChI=1S/C10H10N2O7/c1-19-9(13)3-2-6-4-7(11(15)16)10(14)8(5-6)12(17)18/h4-5,14H,2-3H2,1H3. The van der Waals surface area contributed by atoms with Crippen LogP contribution in [0.15, 0.2) is 12.1 Å². The smallest absolute Gasteiger partial charge is 0.318 e. The van der Waals surface area contributed by atoms with Crippen LogP contribution >= 0.6 is 0 Å². The molecule has 0 atom stereocenters. The lowest BCUT2D eigenvalue weighted by Gasteiger charge is -2.03. The quantitative estimate of drug-likeness (QED) is 0.484. The molecule has 19 heavy (non-hydrogen) atoms. The maximum Gasteiger partial charge on any atom is 0.318 e. The molecule has 0 aromatic heterocycles. The molecule has 0 radical (unpaired) electrons. The number of methoxy groups -OCH3 is 1. The third kappa shape index (κ3) is 3.37. The molecule has 0 bridgehead atoms. The molecule has 0 saturated heterocycles. The number of nitro benzene ring substituents is 2. The van der Waals surface area contributed by atoms with E-state index < -0.39 is 32.9 Å². The van der Waals surface area contributed by atoms with Crippen LogP contribution in [0.3, 0.4) is 0 Å². The number of nitro groups is 2. The average molecular weight is 270 g/mol. The summed E-state index contributed by atoms with van der Waals surface area (Å²) in [6.45, 7) is 0. The van der Waals surface area contributed by atoms with E-state index in [2.05, 4.69) is 4.74 Å². The van der Waals surface area contributed by atoms with Gasteiger partial charge in [0.05, 0.1) is 17.0 Å². The van der Waals surface area contributed by atoms with Gasteiger partial charge in [-0.25, -0.2) is 0 Å². The van der Waals surface area contributed by atoms with Gasteiger partial charge in [-0.3, -0.25) is 25.0 Å². The predicted octanol–water partition coefficient (Wildman–Crippen LogP) is 1.31. The van der Waals surface area contributed by atoms with Crippen molar-refractivity contribution in [2.45, 2.75) is 12.8 Å². The van der Waals surface area contributed by atoms with Crippen molar-refractivity contribution < 1.29 is 24.5 Å². The average Bonchev–Trinajstić information content (AvgIpc) is 2.36. The maximum atomic E-state index is 11.0. The first-order valence-electron chi connectivity index (χ1n) is 5.08. The summed E-state index contributed by atoms with van der Waals surface area (Å²) in [6.07, 6.45) is -0.0375. The molecule has 1 N–H and O–H groups in total. The second kappa shape index (κ2) is 5.76. The number of rotatable bonds is 5. The van der Waals surface area contributed by atoms with Crippen molar-refractivity contribution in [1.82, 2.24) is 0 Å². The van der Waals surface area contributed by atoms with Crippen LogP contribution in [0, 0.1) is 20.2 Å². The van der Waals surface area contributed by atoms with E-state index in [1.54, 1.807) is 0 Å². The fourth-order valence-corrected chi connectivity index (χ4v) is 1.43. The van der Waals surface area contributed by atoms with Crippen LogP contribution in [-0.2, 0) is 16.0 Å². The highest BCUT2D eigenvalue weighted by atomic mass is 16.6. The highest BCUT2D eigenvalue weighted by Crippen LogP contribution is 2.36. The molecule has 0 heterocycles. The third-order valence-electron chi connectivity index (χ3n) is 2.37. The Morgan fingerprint density at radius 3 is 2.11 bits per heavy atom. The van der Waals surface area contributed by atoms with Crippen molar-refractivity contribution >= 4 is 17.3 Å². The van der Waals surface area contributed by atoms with Crippen LogP contribution in [0.5, 0.6) is 5.75 Å². The number of esters is 1. The Hall–Kier alpha value is -2.71. The summed E-state index contributed by atoms with van der Waals surface area (Å²) in [6, 6.07) is 1.98. The second-order valence-electron chi connectivity index (χ2n) is 3.57. The predicted molar refractivity (Wildman–Crippen MR) is 61.8 cm³/mol. The molecular formula is C10H10N2O7. The van der Waals surface area contributed by atoms with Crippen molar-refractivity contribution in [3.8, 4) is 5.75 Å². The van der Waals surface area contributed by atoms with E-state index in [9.17, 15) is 30.1 Å². The topological polar surface area (TPSA) is 133 Å². The van der Waals surface area contributed by atoms with E-state index >= 15 is 0 Å². The van der Waals surface area contributed by atoms with Gasteiger partial charge in [0.1, 0.15) is 0 Å². The monoisotopic (exact) mass is 270 g/mol. The molecular weight excluding hydrogens is 260 g/mol. The molecule has 0 unspecified atom stereocenters. The van der Waals surface area contributed by atoms with Gasteiger partial charge in [-0.1, -0.05) is 0 Å². The van der Waals surface area contributed by atoms with E-state index in [0.29, 0.717) is 0 Å². The summed E-state index contributed by atoms with van der Waals surface area (Å²) in [5, 5.41) is 30.8. The number of phenolic OH excluding ortho intramolecular Hbond substituents is 1. The van der Waals surface area contributed by atoms with Crippen molar-refractivity contribution in [3.05, 3.63) is 37.9 Å². The van der Waals surface area contributed by atoms with Crippen LogP contribution in [0.25, 0.3) is 0 Å². The van der Waals surface area contributed by atoms with E-state index in [-0.39, 0.29) is 18.4 Å². The van der Waals surface area contributed by atoms with Crippen LogP contribution in [0.2, 0.25) is 0 Å². The minimum Gasteiger partial charge on any atom is -0.497 e. The van der Waals surface area contributed by atoms with Gasteiger partial charge in [-0.05, 0) is 12.0 Å². The lowest BCUT2D eigenvalue weighted by atomic mass is 10.1. The molecule has 0 aliphatic rings. The Morgan fingerprint density at radius 2 is 1.74 bits per heavy atom. The van der Waals surface area contributed by atoms with Crippen LogP contribution in [0.4, 0.5) is 11.4 Å². The highest BCUT2D eigenvalue weighted by Gasteiger charge is 2.26. The number of hydrogen-bond donors (Lipinski definition) is 1. The number of carbonyl (C=O) groups is 1. The number of ether oxygens (including phenoxy) is 1. The lowest BCUT2D eigenvalue weighted by molar-refractivity contribution is -0.396. The zero-order valence-electron chi connectivity index (χ0n) is 9.86. The van der Waals surface area contributed by atoms with E-state index in [4.69, 9.17) is 0 Å². The number of hydrogen-bond acceptors (Lipinski definition) is 7. The fraction of sp³-hybridized carbons (Fsp3) is 0.300. The molecule has 0 amide bonds. The van der Waals surface area contributed by atoms with Gasteiger partial charge in [-0.15, -0.1) is 0 Å². The number of aryl methyl sites for hydroxylation is 1. The molecule has 1 aromatic carbocycles. The van der Waals surface area contributed by atoms with Gasteiger partial charge < -0.3 is 9.84 Å². The van der Waals surface area contributed by atoms with Crippen molar-refractivity contribution in [1.29, 1.82) is 0 Å². The van der Waals surface area contributed by atoms with E-state index in [1.165, 1.54) is 7.11 Å². The fourth-order valence-electron chi connectivity index (χ4n) is 1.43. The number of aromatic hydroxyl groups is 1. The van der Waals surface area contributed by atoms with Gasteiger partial charge >= 0.3 is 17.3 Å². The number of nitrogens with zero attached hydrogens (tertiary/aromatic N) is 2. The molecule has 0 spiro atoms. The first-order valence-corrected chi connectivity index (χ1v) is 5.08. The third-order valence-corrected chi connectivity index (χ3v) is 2.37. The first kappa shape index (κ1) is 14.4. The Balaban J connectivity index is 3.15. The summed E-state index contributed by atoms with van der Waals surface area (Å²) < 4.78 is 4.39. The van der Waals surface area contributed by atoms with Gasteiger partial charge in [0.15, 0.2) is 0 Å². The van der Waals surface area contributed by atoms with E-state index in [0.717, 1.165) is 12.1 Å². The van der Waals surface area contributed by atoms with E-state index in [1.807, 2.05) is 0 Å². The van der Waals surface area contributed by atoms with Crippen LogP contribution in [0.1, 0.15) is 12.0 Å². The Labute approximate surface area is 106 Å². The summed E-state index contributed by atoms with van der Waals surface area (Å²) in [4.78, 5) is 30.4. The molecule has 102 valence electrons. The zero-order valence-corrected chi connectivity index (χ0v) is 9.86. The Bertz CT molecular complexity index is 506. The van der Waals surface area contributed by atoms with Crippen molar-refractivity contribution in [2.75, 3.05) is 7.11 Å². The van der Waals surface area contributed by atoms with Gasteiger partial charge in [0.25, 0.3) is 5.75 Å². The largest absolute Gasteiger partial charge is 0.497 e. The SMILES string of the molecule is COC(=O)CCc1cc([N+](=O)[O-])c(O)c([N+](=O)[O-])c1. The van der Waals surface area contributed by atoms with Crippen molar-refractivity contribution in [3.63, 3.8) is 0 Å². The van der Waals surface area contributed by atoms with Crippen LogP contribution < -0.4 is 0 Å². The first-order chi connectivity index (χ1) is 8.86. The van der Waals surface area contributed by atoms with Gasteiger partial charge in [0, 0.05) is 18.6 Å². The van der Waals surface area contributed by atoms with Gasteiger partial charge in [-0.2, -0.15) is 0 Å². The normalized spacial score (nSPS) is 9.95. The molecule has 0 saturated carbocycles. The number of carbonyl (C=O) groups excluding carboxylic acids is 1.